The molecule has 0 saturated carbocycles. The van der Waals surface area contributed by atoms with Crippen molar-refractivity contribution in [3.05, 3.63) is 72.8 Å². The van der Waals surface area contributed by atoms with Gasteiger partial charge in [0, 0.05) is 5.39 Å². The Balaban J connectivity index is 1.65. The first-order valence-electron chi connectivity index (χ1n) is 9.84. The maximum atomic E-state index is 12.8. The number of sulfonamides is 1. The number of amides is 1. The summed E-state index contributed by atoms with van der Waals surface area (Å²) in [7, 11) is -3.63. The van der Waals surface area contributed by atoms with E-state index in [2.05, 4.69) is 5.32 Å². The number of anilines is 1. The first-order valence-corrected chi connectivity index (χ1v) is 11.7. The molecule has 0 unspecified atom stereocenters. The fourth-order valence-corrected chi connectivity index (χ4v) is 4.62. The number of carbonyl (C=O) groups excluding carboxylic acids is 1. The van der Waals surface area contributed by atoms with Gasteiger partial charge in [0.1, 0.15) is 18.4 Å². The number of ether oxygens (including phenoxy) is 1. The summed E-state index contributed by atoms with van der Waals surface area (Å²) < 4.78 is 31.8. The van der Waals surface area contributed by atoms with Crippen molar-refractivity contribution < 1.29 is 17.9 Å². The van der Waals surface area contributed by atoms with Gasteiger partial charge in [0.2, 0.25) is 15.9 Å². The largest absolute Gasteiger partial charge is 0.491 e. The topological polar surface area (TPSA) is 75.7 Å². The van der Waals surface area contributed by atoms with Crippen LogP contribution in [-0.4, -0.2) is 39.8 Å². The van der Waals surface area contributed by atoms with Gasteiger partial charge in [0.25, 0.3) is 0 Å². The van der Waals surface area contributed by atoms with Crippen LogP contribution in [0.3, 0.4) is 0 Å². The summed E-state index contributed by atoms with van der Waals surface area (Å²) in [6.07, 6.45) is 1.46. The number of para-hydroxylation sites is 1. The van der Waals surface area contributed by atoms with Crippen LogP contribution in [0.25, 0.3) is 10.8 Å². The van der Waals surface area contributed by atoms with E-state index >= 15 is 0 Å². The van der Waals surface area contributed by atoms with Gasteiger partial charge in [-0.25, -0.2) is 8.42 Å². The molecule has 0 aliphatic heterocycles. The number of fused-ring (bicyclic) bond motifs is 1. The molecular formula is C23H26N2O4S. The quantitative estimate of drug-likeness (QED) is 0.531. The molecule has 3 rings (SSSR count). The van der Waals surface area contributed by atoms with E-state index in [9.17, 15) is 13.2 Å². The fourth-order valence-electron chi connectivity index (χ4n) is 3.41. The van der Waals surface area contributed by atoms with E-state index in [4.69, 9.17) is 4.74 Å². The van der Waals surface area contributed by atoms with E-state index < -0.39 is 16.1 Å². The van der Waals surface area contributed by atoms with Crippen molar-refractivity contribution in [3.8, 4) is 5.75 Å². The summed E-state index contributed by atoms with van der Waals surface area (Å²) in [5, 5.41) is 4.89. The molecule has 158 valence electrons. The molecule has 30 heavy (non-hydrogen) atoms. The predicted octanol–water partition coefficient (Wildman–Crippen LogP) is 3.58. The summed E-state index contributed by atoms with van der Waals surface area (Å²) in [4.78, 5) is 12.8. The zero-order valence-electron chi connectivity index (χ0n) is 17.1. The van der Waals surface area contributed by atoms with Crippen LogP contribution < -0.4 is 14.4 Å². The summed E-state index contributed by atoms with van der Waals surface area (Å²) in [6.45, 7) is 2.34. The number of carbonyl (C=O) groups is 1. The van der Waals surface area contributed by atoms with Crippen molar-refractivity contribution in [2.45, 2.75) is 19.4 Å². The Labute approximate surface area is 177 Å². The molecule has 1 amide bonds. The highest BCUT2D eigenvalue weighted by molar-refractivity contribution is 7.92. The Morgan fingerprint density at radius 2 is 1.67 bits per heavy atom. The van der Waals surface area contributed by atoms with Crippen molar-refractivity contribution in [2.75, 3.05) is 23.7 Å². The molecule has 3 aromatic carbocycles. The van der Waals surface area contributed by atoms with Crippen LogP contribution in [0.5, 0.6) is 5.75 Å². The van der Waals surface area contributed by atoms with Crippen molar-refractivity contribution in [1.29, 1.82) is 0 Å². The van der Waals surface area contributed by atoms with Gasteiger partial charge in [-0.15, -0.1) is 0 Å². The van der Waals surface area contributed by atoms with Crippen LogP contribution in [0.2, 0.25) is 0 Å². The van der Waals surface area contributed by atoms with Gasteiger partial charge >= 0.3 is 0 Å². The maximum Gasteiger partial charge on any atom is 0.244 e. The smallest absolute Gasteiger partial charge is 0.244 e. The Kier molecular flexibility index (Phi) is 6.95. The van der Waals surface area contributed by atoms with Crippen LogP contribution in [-0.2, 0) is 14.8 Å². The van der Waals surface area contributed by atoms with E-state index in [1.54, 1.807) is 37.3 Å². The SMILES string of the molecule is CC[C@@H](C(=O)NCCOc1cccc2ccccc12)N(c1ccccc1)S(C)(=O)=O. The summed E-state index contributed by atoms with van der Waals surface area (Å²) in [5.74, 6) is 0.393. The van der Waals surface area contributed by atoms with Gasteiger partial charge in [-0.1, -0.05) is 61.5 Å². The van der Waals surface area contributed by atoms with E-state index in [1.165, 1.54) is 4.31 Å². The molecular weight excluding hydrogens is 400 g/mol. The van der Waals surface area contributed by atoms with Gasteiger partial charge in [0.15, 0.2) is 0 Å². The Morgan fingerprint density at radius 3 is 2.37 bits per heavy atom. The first-order chi connectivity index (χ1) is 14.4. The molecule has 0 radical (unpaired) electrons. The molecule has 0 bridgehead atoms. The lowest BCUT2D eigenvalue weighted by molar-refractivity contribution is -0.122. The highest BCUT2D eigenvalue weighted by Gasteiger charge is 2.31. The maximum absolute atomic E-state index is 12.8. The summed E-state index contributed by atoms with van der Waals surface area (Å²) in [5.41, 5.74) is 0.467. The second-order valence-corrected chi connectivity index (χ2v) is 8.79. The molecule has 0 fully saturated rings. The number of nitrogens with one attached hydrogen (secondary N) is 1. The van der Waals surface area contributed by atoms with Gasteiger partial charge in [-0.2, -0.15) is 0 Å². The second-order valence-electron chi connectivity index (χ2n) is 6.94. The number of nitrogens with zero attached hydrogens (tertiary/aromatic N) is 1. The van der Waals surface area contributed by atoms with Crippen LogP contribution >= 0.6 is 0 Å². The lowest BCUT2D eigenvalue weighted by atomic mass is 10.1. The summed E-state index contributed by atoms with van der Waals surface area (Å²) in [6, 6.07) is 21.6. The van der Waals surface area contributed by atoms with Crippen molar-refractivity contribution in [2.24, 2.45) is 0 Å². The third-order valence-electron chi connectivity index (χ3n) is 4.75. The fraction of sp³-hybridized carbons (Fsp3) is 0.261. The normalized spacial score (nSPS) is 12.3. The van der Waals surface area contributed by atoms with Crippen LogP contribution in [0.4, 0.5) is 5.69 Å². The lowest BCUT2D eigenvalue weighted by Gasteiger charge is -2.30. The van der Waals surface area contributed by atoms with Crippen LogP contribution in [0.15, 0.2) is 72.8 Å². The van der Waals surface area contributed by atoms with Crippen LogP contribution in [0.1, 0.15) is 13.3 Å². The number of rotatable bonds is 9. The van der Waals surface area contributed by atoms with Crippen molar-refractivity contribution in [1.82, 2.24) is 5.32 Å². The standard InChI is InChI=1S/C23H26N2O4S/c1-3-21(25(30(2,27)28)19-12-5-4-6-13-19)23(26)24-16-17-29-22-15-9-11-18-10-7-8-14-20(18)22/h4-15,21H,3,16-17H2,1-2H3,(H,24,26)/t21-/m0/s1. The van der Waals surface area contributed by atoms with Crippen molar-refractivity contribution in [3.63, 3.8) is 0 Å². The van der Waals surface area contributed by atoms with E-state index in [0.29, 0.717) is 12.1 Å². The average Bonchev–Trinajstić information content (AvgIpc) is 2.74. The highest BCUT2D eigenvalue weighted by Crippen LogP contribution is 2.25. The van der Waals surface area contributed by atoms with E-state index in [0.717, 1.165) is 22.8 Å². The Hall–Kier alpha value is -3.06. The molecule has 1 atom stereocenters. The molecule has 0 spiro atoms. The molecule has 6 nitrogen and oxygen atoms in total. The monoisotopic (exact) mass is 426 g/mol. The minimum absolute atomic E-state index is 0.269. The minimum atomic E-state index is -3.63. The second kappa shape index (κ2) is 9.63. The van der Waals surface area contributed by atoms with Gasteiger partial charge < -0.3 is 10.1 Å². The number of hydrogen-bond donors (Lipinski definition) is 1. The molecule has 0 aliphatic carbocycles. The number of benzene rings is 3. The molecule has 0 saturated heterocycles. The van der Waals surface area contributed by atoms with Gasteiger partial charge in [-0.05, 0) is 30.0 Å². The van der Waals surface area contributed by atoms with E-state index in [1.807, 2.05) is 42.5 Å². The molecule has 7 heteroatoms. The van der Waals surface area contributed by atoms with Crippen molar-refractivity contribution >= 4 is 32.4 Å². The molecule has 3 aromatic rings. The third-order valence-corrected chi connectivity index (χ3v) is 5.93. The molecule has 0 heterocycles. The first kappa shape index (κ1) is 21.6. The molecule has 1 N–H and O–H groups in total. The Bertz CT molecular complexity index is 1100. The lowest BCUT2D eigenvalue weighted by Crippen LogP contribution is -2.49. The summed E-state index contributed by atoms with van der Waals surface area (Å²) >= 11 is 0. The molecule has 0 aliphatic rings. The highest BCUT2D eigenvalue weighted by atomic mass is 32.2. The van der Waals surface area contributed by atoms with E-state index in [-0.39, 0.29) is 19.1 Å². The van der Waals surface area contributed by atoms with Gasteiger partial charge in [-0.3, -0.25) is 9.10 Å². The minimum Gasteiger partial charge on any atom is -0.491 e. The molecule has 0 aromatic heterocycles. The Morgan fingerprint density at radius 1 is 1.00 bits per heavy atom. The number of hydrogen-bond acceptors (Lipinski definition) is 4. The zero-order valence-corrected chi connectivity index (χ0v) is 17.9. The average molecular weight is 427 g/mol. The van der Waals surface area contributed by atoms with Gasteiger partial charge in [0.05, 0.1) is 18.5 Å². The zero-order chi connectivity index (χ0) is 21.6. The predicted molar refractivity (Wildman–Crippen MR) is 120 cm³/mol. The van der Waals surface area contributed by atoms with Crippen LogP contribution in [0, 0.1) is 0 Å². The third kappa shape index (κ3) is 5.10.